The van der Waals surface area contributed by atoms with Gasteiger partial charge >= 0.3 is 0 Å². The van der Waals surface area contributed by atoms with Gasteiger partial charge in [0, 0.05) is 5.56 Å². The normalized spacial score (nSPS) is 10.3. The molecule has 0 bridgehead atoms. The van der Waals surface area contributed by atoms with Gasteiger partial charge in [0.1, 0.15) is 17.3 Å². The van der Waals surface area contributed by atoms with Crippen molar-refractivity contribution in [3.63, 3.8) is 0 Å². The topological polar surface area (TPSA) is 35.5 Å². The number of benzene rings is 2. The van der Waals surface area contributed by atoms with Crippen molar-refractivity contribution in [2.24, 2.45) is 0 Å². The lowest BCUT2D eigenvalue weighted by Gasteiger charge is -2.12. The van der Waals surface area contributed by atoms with Gasteiger partial charge in [-0.15, -0.1) is 0 Å². The van der Waals surface area contributed by atoms with Crippen LogP contribution in [0.1, 0.15) is 15.9 Å². The lowest BCUT2D eigenvalue weighted by atomic mass is 10.0. The SMILES string of the molecule is COc1cc(C(=O)c2cccc(F)c2Br)c(OC)cc1Br. The van der Waals surface area contributed by atoms with Gasteiger partial charge in [-0.25, -0.2) is 4.39 Å². The summed E-state index contributed by atoms with van der Waals surface area (Å²) in [6.45, 7) is 0. The molecule has 0 heterocycles. The summed E-state index contributed by atoms with van der Waals surface area (Å²) in [5.74, 6) is 0.0171. The van der Waals surface area contributed by atoms with Crippen LogP contribution in [0.3, 0.4) is 0 Å². The number of ether oxygens (including phenoxy) is 2. The highest BCUT2D eigenvalue weighted by atomic mass is 79.9. The summed E-state index contributed by atoms with van der Waals surface area (Å²) in [7, 11) is 2.96. The number of carbonyl (C=O) groups excluding carboxylic acids is 1. The summed E-state index contributed by atoms with van der Waals surface area (Å²) in [5, 5.41) is 0. The van der Waals surface area contributed by atoms with Gasteiger partial charge in [0.05, 0.1) is 28.7 Å². The minimum absolute atomic E-state index is 0.124. The van der Waals surface area contributed by atoms with E-state index in [4.69, 9.17) is 9.47 Å². The molecule has 0 spiro atoms. The van der Waals surface area contributed by atoms with Gasteiger partial charge in [-0.2, -0.15) is 0 Å². The Morgan fingerprint density at radius 3 is 2.33 bits per heavy atom. The van der Waals surface area contributed by atoms with Crippen LogP contribution >= 0.6 is 31.9 Å². The summed E-state index contributed by atoms with van der Waals surface area (Å²) in [5.41, 5.74) is 0.515. The fourth-order valence-electron chi connectivity index (χ4n) is 1.86. The van der Waals surface area contributed by atoms with Crippen molar-refractivity contribution in [2.75, 3.05) is 14.2 Å². The number of rotatable bonds is 4. The van der Waals surface area contributed by atoms with E-state index in [1.165, 1.54) is 26.4 Å². The molecule has 0 fully saturated rings. The molecule has 2 rings (SSSR count). The molecule has 0 N–H and O–H groups in total. The maximum absolute atomic E-state index is 13.6. The van der Waals surface area contributed by atoms with E-state index >= 15 is 0 Å². The predicted molar refractivity (Wildman–Crippen MR) is 84.8 cm³/mol. The second-order valence-corrected chi connectivity index (χ2v) is 5.76. The first-order valence-electron chi connectivity index (χ1n) is 5.89. The van der Waals surface area contributed by atoms with E-state index < -0.39 is 5.82 Å². The van der Waals surface area contributed by atoms with E-state index in [1.807, 2.05) is 0 Å². The standard InChI is InChI=1S/C15H11Br2FO3/c1-20-12-7-10(16)13(21-2)6-9(12)15(19)8-4-3-5-11(18)14(8)17/h3-7H,1-2H3. The van der Waals surface area contributed by atoms with Crippen LogP contribution in [0.25, 0.3) is 0 Å². The Labute approximate surface area is 138 Å². The Morgan fingerprint density at radius 1 is 1.05 bits per heavy atom. The smallest absolute Gasteiger partial charge is 0.198 e. The summed E-state index contributed by atoms with van der Waals surface area (Å²) in [6, 6.07) is 7.50. The molecule has 0 aliphatic carbocycles. The molecule has 0 radical (unpaired) electrons. The average Bonchev–Trinajstić information content (AvgIpc) is 2.49. The largest absolute Gasteiger partial charge is 0.496 e. The first-order chi connectivity index (χ1) is 9.99. The summed E-state index contributed by atoms with van der Waals surface area (Å²) in [6.07, 6.45) is 0. The quantitative estimate of drug-likeness (QED) is 0.682. The van der Waals surface area contributed by atoms with Crippen LogP contribution in [0.5, 0.6) is 11.5 Å². The number of methoxy groups -OCH3 is 2. The molecule has 0 saturated carbocycles. The van der Waals surface area contributed by atoms with Crippen LogP contribution < -0.4 is 9.47 Å². The van der Waals surface area contributed by atoms with Gasteiger partial charge in [-0.05, 0) is 56.1 Å². The van der Waals surface area contributed by atoms with E-state index in [2.05, 4.69) is 31.9 Å². The first-order valence-corrected chi connectivity index (χ1v) is 7.48. The molecule has 0 unspecified atom stereocenters. The Balaban J connectivity index is 2.60. The monoisotopic (exact) mass is 416 g/mol. The number of hydrogen-bond acceptors (Lipinski definition) is 3. The average molecular weight is 418 g/mol. The third kappa shape index (κ3) is 3.11. The van der Waals surface area contributed by atoms with Crippen LogP contribution in [0, 0.1) is 5.82 Å². The molecule has 0 atom stereocenters. The van der Waals surface area contributed by atoms with Gasteiger partial charge < -0.3 is 9.47 Å². The fourth-order valence-corrected chi connectivity index (χ4v) is 2.79. The highest BCUT2D eigenvalue weighted by Gasteiger charge is 2.21. The molecule has 3 nitrogen and oxygen atoms in total. The second-order valence-electron chi connectivity index (χ2n) is 4.12. The molecular formula is C15H11Br2FO3. The van der Waals surface area contributed by atoms with E-state index in [0.29, 0.717) is 21.5 Å². The minimum Gasteiger partial charge on any atom is -0.496 e. The van der Waals surface area contributed by atoms with E-state index in [-0.39, 0.29) is 15.8 Å². The zero-order valence-corrected chi connectivity index (χ0v) is 14.4. The van der Waals surface area contributed by atoms with Crippen LogP contribution in [0.15, 0.2) is 39.3 Å². The maximum Gasteiger partial charge on any atom is 0.198 e. The molecule has 21 heavy (non-hydrogen) atoms. The number of carbonyl (C=O) groups is 1. The molecule has 0 aliphatic rings. The van der Waals surface area contributed by atoms with Crippen molar-refractivity contribution in [3.05, 3.63) is 56.2 Å². The molecule has 110 valence electrons. The maximum atomic E-state index is 13.6. The predicted octanol–water partition coefficient (Wildman–Crippen LogP) is 4.60. The third-order valence-corrected chi connectivity index (χ3v) is 4.34. The van der Waals surface area contributed by atoms with Crippen LogP contribution in [0.2, 0.25) is 0 Å². The molecule has 0 saturated heterocycles. The lowest BCUT2D eigenvalue weighted by Crippen LogP contribution is -2.06. The number of ketones is 1. The highest BCUT2D eigenvalue weighted by molar-refractivity contribution is 9.10. The van der Waals surface area contributed by atoms with Crippen LogP contribution in [-0.4, -0.2) is 20.0 Å². The number of halogens is 3. The highest BCUT2D eigenvalue weighted by Crippen LogP contribution is 2.35. The second kappa shape index (κ2) is 6.58. The van der Waals surface area contributed by atoms with Gasteiger partial charge in [-0.3, -0.25) is 4.79 Å². The van der Waals surface area contributed by atoms with E-state index in [9.17, 15) is 9.18 Å². The Kier molecular flexibility index (Phi) is 5.00. The third-order valence-electron chi connectivity index (χ3n) is 2.91. The van der Waals surface area contributed by atoms with Crippen molar-refractivity contribution in [1.82, 2.24) is 0 Å². The van der Waals surface area contributed by atoms with Gasteiger partial charge in [0.25, 0.3) is 0 Å². The van der Waals surface area contributed by atoms with Crippen molar-refractivity contribution in [3.8, 4) is 11.5 Å². The molecular weight excluding hydrogens is 407 g/mol. The Bertz CT molecular complexity index is 702. The van der Waals surface area contributed by atoms with Crippen molar-refractivity contribution in [2.45, 2.75) is 0 Å². The molecule has 2 aromatic rings. The van der Waals surface area contributed by atoms with Gasteiger partial charge in [0.15, 0.2) is 5.78 Å². The Hall–Kier alpha value is -1.40. The van der Waals surface area contributed by atoms with Crippen molar-refractivity contribution >= 4 is 37.6 Å². The van der Waals surface area contributed by atoms with Crippen LogP contribution in [-0.2, 0) is 0 Å². The lowest BCUT2D eigenvalue weighted by molar-refractivity contribution is 0.103. The Morgan fingerprint density at radius 2 is 1.71 bits per heavy atom. The zero-order chi connectivity index (χ0) is 15.6. The first kappa shape index (κ1) is 16.0. The van der Waals surface area contributed by atoms with E-state index in [0.717, 1.165) is 0 Å². The van der Waals surface area contributed by atoms with Gasteiger partial charge in [-0.1, -0.05) is 6.07 Å². The molecule has 0 amide bonds. The summed E-state index contributed by atoms with van der Waals surface area (Å²) < 4.78 is 24.8. The molecule has 0 aliphatic heterocycles. The van der Waals surface area contributed by atoms with E-state index in [1.54, 1.807) is 18.2 Å². The van der Waals surface area contributed by atoms with Crippen molar-refractivity contribution < 1.29 is 18.7 Å². The van der Waals surface area contributed by atoms with Crippen molar-refractivity contribution in [1.29, 1.82) is 0 Å². The zero-order valence-electron chi connectivity index (χ0n) is 11.2. The summed E-state index contributed by atoms with van der Waals surface area (Å²) >= 11 is 6.43. The summed E-state index contributed by atoms with van der Waals surface area (Å²) in [4.78, 5) is 12.6. The molecule has 6 heteroatoms. The van der Waals surface area contributed by atoms with Crippen LogP contribution in [0.4, 0.5) is 4.39 Å². The fraction of sp³-hybridized carbons (Fsp3) is 0.133. The molecule has 0 aromatic heterocycles. The van der Waals surface area contributed by atoms with Gasteiger partial charge in [0.2, 0.25) is 0 Å². The number of hydrogen-bond donors (Lipinski definition) is 0. The minimum atomic E-state index is -0.496. The molecule has 2 aromatic carbocycles.